The highest BCUT2D eigenvalue weighted by atomic mass is 32.1. The Kier molecular flexibility index (Phi) is 3.47. The number of aromatic nitrogens is 2. The number of nitrogens with two attached hydrogens (primary N) is 1. The largest absolute Gasteiger partial charge is 0.389 e. The van der Waals surface area contributed by atoms with Crippen LogP contribution in [0, 0.1) is 12.7 Å². The van der Waals surface area contributed by atoms with Gasteiger partial charge in [-0.1, -0.05) is 18.3 Å². The second-order valence-corrected chi connectivity index (χ2v) is 4.19. The first-order valence-electron chi connectivity index (χ1n) is 5.22. The van der Waals surface area contributed by atoms with Crippen molar-refractivity contribution < 1.29 is 4.39 Å². The molecule has 0 radical (unpaired) electrons. The summed E-state index contributed by atoms with van der Waals surface area (Å²) < 4.78 is 13.4. The maximum Gasteiger partial charge on any atom is 0.163 e. The van der Waals surface area contributed by atoms with Gasteiger partial charge in [0.05, 0.1) is 11.8 Å². The first-order chi connectivity index (χ1) is 8.58. The quantitative estimate of drug-likeness (QED) is 0.831. The van der Waals surface area contributed by atoms with Crippen LogP contribution in [0.3, 0.4) is 0 Å². The molecular formula is C12H11FN4S. The minimum Gasteiger partial charge on any atom is -0.389 e. The lowest BCUT2D eigenvalue weighted by Crippen LogP contribution is -2.13. The maximum atomic E-state index is 13.4. The maximum absolute atomic E-state index is 13.4. The average molecular weight is 262 g/mol. The summed E-state index contributed by atoms with van der Waals surface area (Å²) >= 11 is 4.91. The molecular weight excluding hydrogens is 251 g/mol. The van der Waals surface area contributed by atoms with Crippen molar-refractivity contribution in [1.82, 2.24) is 10.2 Å². The minimum atomic E-state index is -0.291. The number of hydrogen-bond donors (Lipinski definition) is 2. The fourth-order valence-corrected chi connectivity index (χ4v) is 1.59. The Morgan fingerprint density at radius 2 is 2.17 bits per heavy atom. The molecule has 3 N–H and O–H groups in total. The number of nitrogens with zero attached hydrogens (tertiary/aromatic N) is 2. The molecule has 4 nitrogen and oxygen atoms in total. The second kappa shape index (κ2) is 5.05. The van der Waals surface area contributed by atoms with Crippen LogP contribution in [-0.4, -0.2) is 15.2 Å². The van der Waals surface area contributed by atoms with Crippen LogP contribution >= 0.6 is 12.2 Å². The van der Waals surface area contributed by atoms with Crippen LogP contribution in [0.1, 0.15) is 11.1 Å². The molecule has 0 saturated carbocycles. The lowest BCUT2D eigenvalue weighted by Gasteiger charge is -2.09. The third kappa shape index (κ3) is 2.60. The molecule has 1 aromatic carbocycles. The van der Waals surface area contributed by atoms with E-state index in [9.17, 15) is 4.39 Å². The van der Waals surface area contributed by atoms with Gasteiger partial charge in [-0.15, -0.1) is 5.10 Å². The third-order valence-electron chi connectivity index (χ3n) is 2.42. The summed E-state index contributed by atoms with van der Waals surface area (Å²) in [6.07, 6.45) is 1.50. The molecule has 0 saturated heterocycles. The Labute approximate surface area is 109 Å². The van der Waals surface area contributed by atoms with E-state index >= 15 is 0 Å². The van der Waals surface area contributed by atoms with Gasteiger partial charge in [0.25, 0.3) is 0 Å². The summed E-state index contributed by atoms with van der Waals surface area (Å²) in [7, 11) is 0. The Bertz CT molecular complexity index is 600. The standard InChI is InChI=1S/C12H11FN4S/c1-7-2-3-8(6-10(7)13)16-12-9(11(14)18)4-5-15-17-12/h2-6H,1H3,(H2,14,18)(H,16,17). The number of anilines is 2. The van der Waals surface area contributed by atoms with Gasteiger partial charge in [-0.3, -0.25) is 0 Å². The van der Waals surface area contributed by atoms with Crippen molar-refractivity contribution in [3.8, 4) is 0 Å². The van der Waals surface area contributed by atoms with Crippen LogP contribution in [0.4, 0.5) is 15.9 Å². The van der Waals surface area contributed by atoms with Crippen molar-refractivity contribution in [2.45, 2.75) is 6.92 Å². The van der Waals surface area contributed by atoms with Crippen molar-refractivity contribution in [2.24, 2.45) is 5.73 Å². The summed E-state index contributed by atoms with van der Waals surface area (Å²) in [5.41, 5.74) is 7.29. The highest BCUT2D eigenvalue weighted by molar-refractivity contribution is 7.80. The fourth-order valence-electron chi connectivity index (χ4n) is 1.43. The number of rotatable bonds is 3. The normalized spacial score (nSPS) is 10.1. The van der Waals surface area contributed by atoms with E-state index in [2.05, 4.69) is 15.5 Å². The molecule has 0 aliphatic rings. The van der Waals surface area contributed by atoms with Crippen LogP contribution in [0.15, 0.2) is 30.5 Å². The Hall–Kier alpha value is -2.08. The summed E-state index contributed by atoms with van der Waals surface area (Å²) in [6.45, 7) is 1.70. The average Bonchev–Trinajstić information content (AvgIpc) is 2.34. The number of hydrogen-bond acceptors (Lipinski definition) is 4. The van der Waals surface area contributed by atoms with Crippen LogP contribution in [0.5, 0.6) is 0 Å². The molecule has 0 spiro atoms. The third-order valence-corrected chi connectivity index (χ3v) is 2.64. The van der Waals surface area contributed by atoms with Crippen LogP contribution in [0.2, 0.25) is 0 Å². The van der Waals surface area contributed by atoms with Crippen LogP contribution < -0.4 is 11.1 Å². The summed E-state index contributed by atoms with van der Waals surface area (Å²) in [4.78, 5) is 0.208. The molecule has 2 aromatic rings. The van der Waals surface area contributed by atoms with E-state index in [4.69, 9.17) is 18.0 Å². The van der Waals surface area contributed by atoms with Crippen molar-refractivity contribution in [3.05, 3.63) is 47.4 Å². The molecule has 0 bridgehead atoms. The van der Waals surface area contributed by atoms with Gasteiger partial charge in [-0.2, -0.15) is 5.10 Å². The van der Waals surface area contributed by atoms with Crippen LogP contribution in [0.25, 0.3) is 0 Å². The van der Waals surface area contributed by atoms with Gasteiger partial charge < -0.3 is 11.1 Å². The van der Waals surface area contributed by atoms with Gasteiger partial charge in [-0.25, -0.2) is 4.39 Å². The monoisotopic (exact) mass is 262 g/mol. The zero-order valence-electron chi connectivity index (χ0n) is 9.64. The highest BCUT2D eigenvalue weighted by Crippen LogP contribution is 2.19. The van der Waals surface area contributed by atoms with E-state index in [0.29, 0.717) is 22.6 Å². The number of halogens is 1. The van der Waals surface area contributed by atoms with E-state index in [-0.39, 0.29) is 10.8 Å². The zero-order chi connectivity index (χ0) is 13.1. The summed E-state index contributed by atoms with van der Waals surface area (Å²) in [5.74, 6) is 0.119. The smallest absolute Gasteiger partial charge is 0.163 e. The first-order valence-corrected chi connectivity index (χ1v) is 5.63. The Morgan fingerprint density at radius 1 is 1.39 bits per heavy atom. The second-order valence-electron chi connectivity index (χ2n) is 3.75. The van der Waals surface area contributed by atoms with E-state index < -0.39 is 0 Å². The molecule has 18 heavy (non-hydrogen) atoms. The van der Waals surface area contributed by atoms with E-state index in [1.54, 1.807) is 25.1 Å². The first kappa shape index (κ1) is 12.4. The predicted molar refractivity (Wildman–Crippen MR) is 72.3 cm³/mol. The topological polar surface area (TPSA) is 63.8 Å². The molecule has 0 fully saturated rings. The number of nitrogens with one attached hydrogen (secondary N) is 1. The summed E-state index contributed by atoms with van der Waals surface area (Å²) in [5, 5.41) is 10.6. The van der Waals surface area contributed by atoms with Gasteiger partial charge in [0.2, 0.25) is 0 Å². The molecule has 2 rings (SSSR count). The molecule has 0 amide bonds. The Morgan fingerprint density at radius 3 is 2.83 bits per heavy atom. The van der Waals surface area contributed by atoms with Gasteiger partial charge in [-0.05, 0) is 30.7 Å². The SMILES string of the molecule is Cc1ccc(Nc2nnccc2C(N)=S)cc1F. The molecule has 6 heteroatoms. The van der Waals surface area contributed by atoms with E-state index in [1.165, 1.54) is 12.3 Å². The number of thiocarbonyl (C=S) groups is 1. The minimum absolute atomic E-state index is 0.208. The van der Waals surface area contributed by atoms with Gasteiger partial charge in [0, 0.05) is 5.69 Å². The molecule has 1 aromatic heterocycles. The van der Waals surface area contributed by atoms with Crippen LogP contribution in [-0.2, 0) is 0 Å². The van der Waals surface area contributed by atoms with Gasteiger partial charge in [0.15, 0.2) is 5.82 Å². The lowest BCUT2D eigenvalue weighted by atomic mass is 10.2. The molecule has 1 heterocycles. The van der Waals surface area contributed by atoms with Crippen molar-refractivity contribution in [1.29, 1.82) is 0 Å². The number of benzene rings is 1. The molecule has 0 atom stereocenters. The fraction of sp³-hybridized carbons (Fsp3) is 0.0833. The highest BCUT2D eigenvalue weighted by Gasteiger charge is 2.08. The molecule has 0 unspecified atom stereocenters. The lowest BCUT2D eigenvalue weighted by molar-refractivity contribution is 0.619. The van der Waals surface area contributed by atoms with Gasteiger partial charge in [0.1, 0.15) is 10.8 Å². The Balaban J connectivity index is 2.34. The molecule has 0 aliphatic heterocycles. The molecule has 92 valence electrons. The van der Waals surface area contributed by atoms with Crippen molar-refractivity contribution >= 4 is 28.7 Å². The van der Waals surface area contributed by atoms with Crippen molar-refractivity contribution in [2.75, 3.05) is 5.32 Å². The van der Waals surface area contributed by atoms with E-state index in [0.717, 1.165) is 0 Å². The van der Waals surface area contributed by atoms with E-state index in [1.807, 2.05) is 0 Å². The predicted octanol–water partition coefficient (Wildman–Crippen LogP) is 2.30. The number of aryl methyl sites for hydroxylation is 1. The zero-order valence-corrected chi connectivity index (χ0v) is 10.5. The van der Waals surface area contributed by atoms with Gasteiger partial charge >= 0.3 is 0 Å². The van der Waals surface area contributed by atoms with Crippen molar-refractivity contribution in [3.63, 3.8) is 0 Å². The summed E-state index contributed by atoms with van der Waals surface area (Å²) in [6, 6.07) is 6.46. The molecule has 0 aliphatic carbocycles.